The second-order valence-corrected chi connectivity index (χ2v) is 4.03. The quantitative estimate of drug-likeness (QED) is 0.708. The molecule has 0 N–H and O–H groups in total. The first-order valence-electron chi connectivity index (χ1n) is 5.75. The van der Waals surface area contributed by atoms with E-state index in [9.17, 15) is 0 Å². The Hall–Kier alpha value is -2.08. The summed E-state index contributed by atoms with van der Waals surface area (Å²) in [5.74, 6) is 0. The van der Waals surface area contributed by atoms with Crippen LogP contribution in [0, 0.1) is 0 Å². The number of benzene rings is 2. The zero-order valence-corrected chi connectivity index (χ0v) is 9.89. The van der Waals surface area contributed by atoms with Crippen LogP contribution in [0.3, 0.4) is 0 Å². The van der Waals surface area contributed by atoms with Gasteiger partial charge in [0, 0.05) is 0 Å². The van der Waals surface area contributed by atoms with Gasteiger partial charge < -0.3 is 0 Å². The Morgan fingerprint density at radius 2 is 1.47 bits per heavy atom. The topological polar surface area (TPSA) is 0 Å². The van der Waals surface area contributed by atoms with E-state index >= 15 is 0 Å². The van der Waals surface area contributed by atoms with Crippen molar-refractivity contribution in [3.05, 3.63) is 83.9 Å². The van der Waals surface area contributed by atoms with Crippen molar-refractivity contribution in [2.45, 2.75) is 6.42 Å². The molecular formula is C17H16. The van der Waals surface area contributed by atoms with Crippen molar-refractivity contribution < 1.29 is 0 Å². The Kier molecular flexibility index (Phi) is 3.56. The Morgan fingerprint density at radius 3 is 2.12 bits per heavy atom. The molecule has 0 aliphatic carbocycles. The van der Waals surface area contributed by atoms with Crippen LogP contribution in [0.25, 0.3) is 12.2 Å². The van der Waals surface area contributed by atoms with Gasteiger partial charge in [0.25, 0.3) is 0 Å². The van der Waals surface area contributed by atoms with Gasteiger partial charge in [-0.15, -0.1) is 0 Å². The average Bonchev–Trinajstić information content (AvgIpc) is 2.40. The largest absolute Gasteiger partial charge is 0.0984 e. The monoisotopic (exact) mass is 220 g/mol. The van der Waals surface area contributed by atoms with Crippen LogP contribution in [0.4, 0.5) is 0 Å². The third-order valence-corrected chi connectivity index (χ3v) is 2.84. The maximum atomic E-state index is 3.84. The van der Waals surface area contributed by atoms with Crippen molar-refractivity contribution in [1.29, 1.82) is 0 Å². The van der Waals surface area contributed by atoms with E-state index in [-0.39, 0.29) is 0 Å². The first-order valence-corrected chi connectivity index (χ1v) is 5.75. The van der Waals surface area contributed by atoms with Crippen molar-refractivity contribution in [2.24, 2.45) is 0 Å². The summed E-state index contributed by atoms with van der Waals surface area (Å²) in [6.45, 7) is 7.65. The smallest absolute Gasteiger partial charge is 0.00256 e. The molecule has 0 heterocycles. The summed E-state index contributed by atoms with van der Waals surface area (Å²) < 4.78 is 0. The van der Waals surface area contributed by atoms with E-state index < -0.39 is 0 Å². The molecule has 0 amide bonds. The van der Waals surface area contributed by atoms with E-state index in [0.717, 1.165) is 17.5 Å². The Bertz CT molecular complexity index is 521. The average molecular weight is 220 g/mol. The molecule has 0 bridgehead atoms. The predicted octanol–water partition coefficient (Wildman–Crippen LogP) is 4.56. The van der Waals surface area contributed by atoms with Crippen molar-refractivity contribution >= 4 is 12.2 Å². The van der Waals surface area contributed by atoms with Gasteiger partial charge in [0.15, 0.2) is 0 Å². The molecule has 84 valence electrons. The van der Waals surface area contributed by atoms with E-state index in [2.05, 4.69) is 55.6 Å². The number of rotatable bonds is 4. The molecule has 2 aromatic carbocycles. The van der Waals surface area contributed by atoms with E-state index in [1.54, 1.807) is 0 Å². The lowest BCUT2D eigenvalue weighted by molar-refractivity contribution is 1.19. The molecule has 0 aromatic heterocycles. The normalized spacial score (nSPS) is 9.88. The summed E-state index contributed by atoms with van der Waals surface area (Å²) in [5.41, 5.74) is 4.91. The first kappa shape index (κ1) is 11.4. The van der Waals surface area contributed by atoms with Crippen molar-refractivity contribution in [2.75, 3.05) is 0 Å². The van der Waals surface area contributed by atoms with Crippen LogP contribution in [0.15, 0.2) is 61.7 Å². The van der Waals surface area contributed by atoms with Gasteiger partial charge >= 0.3 is 0 Å². The summed E-state index contributed by atoms with van der Waals surface area (Å²) in [6.07, 6.45) is 4.70. The molecule has 0 aliphatic heterocycles. The van der Waals surface area contributed by atoms with Crippen molar-refractivity contribution in [1.82, 2.24) is 0 Å². The molecule has 0 spiro atoms. The fourth-order valence-electron chi connectivity index (χ4n) is 1.93. The molecule has 2 aromatic rings. The zero-order valence-electron chi connectivity index (χ0n) is 9.89. The minimum atomic E-state index is 0.957. The summed E-state index contributed by atoms with van der Waals surface area (Å²) in [4.78, 5) is 0. The van der Waals surface area contributed by atoms with Gasteiger partial charge in [-0.3, -0.25) is 0 Å². The molecule has 0 atom stereocenters. The maximum Gasteiger partial charge on any atom is -0.00256 e. The van der Waals surface area contributed by atoms with Crippen LogP contribution in [0.5, 0.6) is 0 Å². The zero-order chi connectivity index (χ0) is 12.1. The second kappa shape index (κ2) is 5.31. The predicted molar refractivity (Wildman–Crippen MR) is 75.9 cm³/mol. The standard InChI is InChI=1S/C17H16/c1-3-16-11-10-15(13-17(16)4-2)12-14-8-6-5-7-9-14/h3-11,13H,1-2,12H2. The molecule has 0 heteroatoms. The maximum absolute atomic E-state index is 3.84. The summed E-state index contributed by atoms with van der Waals surface area (Å²) in [6, 6.07) is 16.9. The lowest BCUT2D eigenvalue weighted by Crippen LogP contribution is -1.90. The van der Waals surface area contributed by atoms with E-state index in [1.807, 2.05) is 18.2 Å². The molecular weight excluding hydrogens is 204 g/mol. The van der Waals surface area contributed by atoms with Gasteiger partial charge in [0.1, 0.15) is 0 Å². The Labute approximate surface area is 103 Å². The minimum absolute atomic E-state index is 0.957. The fraction of sp³-hybridized carbons (Fsp3) is 0.0588. The molecule has 0 nitrogen and oxygen atoms in total. The summed E-state index contributed by atoms with van der Waals surface area (Å²) >= 11 is 0. The Balaban J connectivity index is 2.28. The highest BCUT2D eigenvalue weighted by molar-refractivity contribution is 5.64. The van der Waals surface area contributed by atoms with Gasteiger partial charge in [0.2, 0.25) is 0 Å². The molecule has 0 saturated carbocycles. The molecule has 2 rings (SSSR count). The van der Waals surface area contributed by atoms with Crippen molar-refractivity contribution in [3.8, 4) is 0 Å². The van der Waals surface area contributed by atoms with Gasteiger partial charge in [-0.25, -0.2) is 0 Å². The third-order valence-electron chi connectivity index (χ3n) is 2.84. The van der Waals surface area contributed by atoms with Crippen LogP contribution >= 0.6 is 0 Å². The SMILES string of the molecule is C=Cc1ccc(Cc2ccccc2)cc1C=C. The van der Waals surface area contributed by atoms with Crippen LogP contribution in [0.2, 0.25) is 0 Å². The molecule has 0 fully saturated rings. The van der Waals surface area contributed by atoms with Gasteiger partial charge in [-0.2, -0.15) is 0 Å². The van der Waals surface area contributed by atoms with Gasteiger partial charge in [-0.1, -0.05) is 73.8 Å². The second-order valence-electron chi connectivity index (χ2n) is 4.03. The highest BCUT2D eigenvalue weighted by atomic mass is 14.0. The van der Waals surface area contributed by atoms with Crippen LogP contribution in [-0.4, -0.2) is 0 Å². The summed E-state index contributed by atoms with van der Waals surface area (Å²) in [7, 11) is 0. The first-order chi connectivity index (χ1) is 8.33. The van der Waals surface area contributed by atoms with Gasteiger partial charge in [-0.05, 0) is 28.7 Å². The number of hydrogen-bond donors (Lipinski definition) is 0. The molecule has 0 radical (unpaired) electrons. The third kappa shape index (κ3) is 2.73. The highest BCUT2D eigenvalue weighted by Crippen LogP contribution is 2.17. The van der Waals surface area contributed by atoms with E-state index in [0.29, 0.717) is 0 Å². The number of hydrogen-bond acceptors (Lipinski definition) is 0. The fourth-order valence-corrected chi connectivity index (χ4v) is 1.93. The lowest BCUT2D eigenvalue weighted by Gasteiger charge is -2.06. The minimum Gasteiger partial charge on any atom is -0.0984 e. The van der Waals surface area contributed by atoms with E-state index in [1.165, 1.54) is 11.1 Å². The summed E-state index contributed by atoms with van der Waals surface area (Å²) in [5, 5.41) is 0. The highest BCUT2D eigenvalue weighted by Gasteiger charge is 1.99. The molecule has 0 unspecified atom stereocenters. The van der Waals surface area contributed by atoms with Gasteiger partial charge in [0.05, 0.1) is 0 Å². The van der Waals surface area contributed by atoms with Crippen LogP contribution in [-0.2, 0) is 6.42 Å². The molecule has 0 saturated heterocycles. The Morgan fingerprint density at radius 1 is 0.765 bits per heavy atom. The molecule has 0 aliphatic rings. The van der Waals surface area contributed by atoms with Crippen LogP contribution in [0.1, 0.15) is 22.3 Å². The molecule has 17 heavy (non-hydrogen) atoms. The van der Waals surface area contributed by atoms with Crippen LogP contribution < -0.4 is 0 Å². The van der Waals surface area contributed by atoms with E-state index in [4.69, 9.17) is 0 Å². The van der Waals surface area contributed by atoms with Crippen molar-refractivity contribution in [3.63, 3.8) is 0 Å². The lowest BCUT2D eigenvalue weighted by atomic mass is 9.99.